The molecule has 16 heavy (non-hydrogen) atoms. The molecule has 0 bridgehead atoms. The lowest BCUT2D eigenvalue weighted by molar-refractivity contribution is -0.402. The van der Waals surface area contributed by atoms with Gasteiger partial charge in [-0.05, 0) is 30.4 Å². The highest BCUT2D eigenvalue weighted by atomic mass is 32.1. The summed E-state index contributed by atoms with van der Waals surface area (Å²) >= 11 is 4.51. The van der Waals surface area contributed by atoms with Crippen LogP contribution >= 0.6 is 12.2 Å². The number of furan rings is 1. The van der Waals surface area contributed by atoms with Crippen LogP contribution in [0.15, 0.2) is 27.7 Å². The minimum absolute atomic E-state index is 0.0540. The number of hydrogen-bond donors (Lipinski definition) is 2. The Morgan fingerprint density at radius 3 is 3.00 bits per heavy atom. The highest BCUT2D eigenvalue weighted by Gasteiger charge is 2.09. The summed E-state index contributed by atoms with van der Waals surface area (Å²) in [7, 11) is 0. The molecule has 0 radical (unpaired) electrons. The minimum Gasteiger partial charge on any atom is -0.401 e. The van der Waals surface area contributed by atoms with Gasteiger partial charge in [-0.15, -0.1) is 0 Å². The summed E-state index contributed by atoms with van der Waals surface area (Å²) in [6.45, 7) is 0. The van der Waals surface area contributed by atoms with Crippen LogP contribution in [0.2, 0.25) is 0 Å². The maximum absolute atomic E-state index is 10.3. The Morgan fingerprint density at radius 2 is 2.44 bits per heavy atom. The Bertz CT molecular complexity index is 452. The molecule has 0 spiro atoms. The van der Waals surface area contributed by atoms with Crippen molar-refractivity contribution in [2.45, 2.75) is 0 Å². The predicted molar refractivity (Wildman–Crippen MR) is 62.8 cm³/mol. The Hall–Kier alpha value is -2.22. The molecule has 0 saturated heterocycles. The molecular weight excluding hydrogens is 232 g/mol. The van der Waals surface area contributed by atoms with Crippen molar-refractivity contribution in [2.75, 3.05) is 0 Å². The highest BCUT2D eigenvalue weighted by molar-refractivity contribution is 7.80. The Kier molecular flexibility index (Phi) is 4.16. The number of nitrogens with two attached hydrogens (primary N) is 1. The largest absolute Gasteiger partial charge is 0.433 e. The van der Waals surface area contributed by atoms with Gasteiger partial charge in [0.25, 0.3) is 0 Å². The van der Waals surface area contributed by atoms with Crippen LogP contribution in [0.3, 0.4) is 0 Å². The second-order valence-corrected chi connectivity index (χ2v) is 2.99. The van der Waals surface area contributed by atoms with Gasteiger partial charge in [-0.25, -0.2) is 0 Å². The number of allylic oxidation sites excluding steroid dienone is 1. The maximum Gasteiger partial charge on any atom is 0.433 e. The van der Waals surface area contributed by atoms with Gasteiger partial charge < -0.3 is 10.2 Å². The fourth-order valence-corrected chi connectivity index (χ4v) is 0.864. The van der Waals surface area contributed by atoms with Crippen LogP contribution in [0.5, 0.6) is 0 Å². The van der Waals surface area contributed by atoms with E-state index < -0.39 is 4.92 Å². The number of thiocarbonyl (C=S) groups is 1. The molecule has 84 valence electrons. The average molecular weight is 240 g/mol. The molecule has 0 amide bonds. The summed E-state index contributed by atoms with van der Waals surface area (Å²) in [5.41, 5.74) is 7.46. The molecule has 0 fully saturated rings. The topological polar surface area (TPSA) is 107 Å². The van der Waals surface area contributed by atoms with Gasteiger partial charge in [0.05, 0.1) is 6.07 Å². The first-order chi connectivity index (χ1) is 7.59. The van der Waals surface area contributed by atoms with Crippen LogP contribution in [0.1, 0.15) is 5.76 Å². The Morgan fingerprint density at radius 1 is 1.69 bits per heavy atom. The van der Waals surface area contributed by atoms with Crippen molar-refractivity contribution >= 4 is 35.5 Å². The number of hydrazone groups is 1. The zero-order chi connectivity index (χ0) is 12.0. The van der Waals surface area contributed by atoms with Crippen molar-refractivity contribution in [3.63, 3.8) is 0 Å². The van der Waals surface area contributed by atoms with Gasteiger partial charge in [-0.1, -0.05) is 0 Å². The third-order valence-electron chi connectivity index (χ3n) is 1.39. The van der Waals surface area contributed by atoms with E-state index in [1.54, 1.807) is 0 Å². The number of nitro groups is 1. The summed E-state index contributed by atoms with van der Waals surface area (Å²) in [5.74, 6) is 0.0475. The van der Waals surface area contributed by atoms with Crippen LogP contribution < -0.4 is 11.2 Å². The number of hydrogen-bond acceptors (Lipinski definition) is 5. The quantitative estimate of drug-likeness (QED) is 0.352. The van der Waals surface area contributed by atoms with Gasteiger partial charge in [0.1, 0.15) is 10.7 Å². The van der Waals surface area contributed by atoms with Crippen molar-refractivity contribution in [3.05, 3.63) is 34.1 Å². The molecular formula is C8H8N4O3S. The van der Waals surface area contributed by atoms with E-state index in [0.717, 1.165) is 0 Å². The molecule has 7 nitrogen and oxygen atoms in total. The van der Waals surface area contributed by atoms with Crippen molar-refractivity contribution in [1.29, 1.82) is 0 Å². The smallest absolute Gasteiger partial charge is 0.401 e. The lowest BCUT2D eigenvalue weighted by Gasteiger charge is -1.90. The summed E-state index contributed by atoms with van der Waals surface area (Å²) in [5, 5.41) is 14.0. The van der Waals surface area contributed by atoms with Gasteiger partial charge in [0, 0.05) is 6.21 Å². The molecule has 8 heteroatoms. The minimum atomic E-state index is -0.611. The molecule has 0 saturated carbocycles. The molecule has 0 aromatic carbocycles. The summed E-state index contributed by atoms with van der Waals surface area (Å²) in [4.78, 5) is 9.68. The third-order valence-corrected chi connectivity index (χ3v) is 1.48. The standard InChI is InChI=1S/C8H8N4O3S/c9-8(16)11-10-5-1-2-6-3-4-7(15-6)12(13)14/h1-5H,(H3,9,11,16). The van der Waals surface area contributed by atoms with Crippen LogP contribution in [-0.4, -0.2) is 16.3 Å². The fourth-order valence-electron chi connectivity index (χ4n) is 0.812. The van der Waals surface area contributed by atoms with E-state index >= 15 is 0 Å². The maximum atomic E-state index is 10.3. The molecule has 0 aliphatic rings. The van der Waals surface area contributed by atoms with E-state index in [-0.39, 0.29) is 11.0 Å². The van der Waals surface area contributed by atoms with Crippen molar-refractivity contribution < 1.29 is 9.34 Å². The van der Waals surface area contributed by atoms with Gasteiger partial charge in [-0.3, -0.25) is 15.5 Å². The van der Waals surface area contributed by atoms with Crippen molar-refractivity contribution in [1.82, 2.24) is 5.43 Å². The zero-order valence-electron chi connectivity index (χ0n) is 7.99. The van der Waals surface area contributed by atoms with Gasteiger partial charge in [0.2, 0.25) is 0 Å². The molecule has 1 rings (SSSR count). The number of nitrogens with zero attached hydrogens (tertiary/aromatic N) is 2. The van der Waals surface area contributed by atoms with Crippen LogP contribution in [0, 0.1) is 10.1 Å². The second kappa shape index (κ2) is 5.61. The van der Waals surface area contributed by atoms with Gasteiger partial charge >= 0.3 is 5.88 Å². The molecule has 3 N–H and O–H groups in total. The first kappa shape index (κ1) is 11.9. The van der Waals surface area contributed by atoms with E-state index in [4.69, 9.17) is 10.2 Å². The zero-order valence-corrected chi connectivity index (χ0v) is 8.81. The summed E-state index contributed by atoms with van der Waals surface area (Å²) in [6, 6.07) is 2.74. The molecule has 0 atom stereocenters. The molecule has 0 unspecified atom stereocenters. The lowest BCUT2D eigenvalue weighted by atomic mass is 10.4. The second-order valence-electron chi connectivity index (χ2n) is 2.55. The lowest BCUT2D eigenvalue weighted by Crippen LogP contribution is -2.23. The van der Waals surface area contributed by atoms with E-state index in [1.807, 2.05) is 0 Å². The Balaban J connectivity index is 2.53. The predicted octanol–water partition coefficient (Wildman–Crippen LogP) is 1.02. The third kappa shape index (κ3) is 3.88. The first-order valence-corrected chi connectivity index (χ1v) is 4.50. The normalized spacial score (nSPS) is 11.0. The Labute approximate surface area is 95.8 Å². The fraction of sp³-hybridized carbons (Fsp3) is 0. The van der Waals surface area contributed by atoms with Gasteiger partial charge in [-0.2, -0.15) is 5.10 Å². The van der Waals surface area contributed by atoms with Crippen LogP contribution in [0.4, 0.5) is 5.88 Å². The summed E-state index contributed by atoms with van der Waals surface area (Å²) in [6.07, 6.45) is 4.42. The number of rotatable bonds is 4. The molecule has 0 aliphatic carbocycles. The molecule has 1 aromatic heterocycles. The van der Waals surface area contributed by atoms with Crippen LogP contribution in [-0.2, 0) is 0 Å². The van der Waals surface area contributed by atoms with Crippen molar-refractivity contribution in [2.24, 2.45) is 10.8 Å². The SMILES string of the molecule is NC(=S)NN=CC=Cc1ccc([N+](=O)[O-])o1. The monoisotopic (exact) mass is 240 g/mol. The molecule has 0 aliphatic heterocycles. The van der Waals surface area contributed by atoms with E-state index in [2.05, 4.69) is 22.7 Å². The van der Waals surface area contributed by atoms with E-state index in [0.29, 0.717) is 5.76 Å². The van der Waals surface area contributed by atoms with E-state index in [9.17, 15) is 10.1 Å². The first-order valence-electron chi connectivity index (χ1n) is 4.09. The highest BCUT2D eigenvalue weighted by Crippen LogP contribution is 2.16. The summed E-state index contributed by atoms with van der Waals surface area (Å²) < 4.78 is 4.85. The average Bonchev–Trinajstić information content (AvgIpc) is 2.65. The number of nitrogens with one attached hydrogen (secondary N) is 1. The van der Waals surface area contributed by atoms with Crippen molar-refractivity contribution in [3.8, 4) is 0 Å². The molecule has 1 aromatic rings. The van der Waals surface area contributed by atoms with Gasteiger partial charge in [0.15, 0.2) is 5.11 Å². The van der Waals surface area contributed by atoms with E-state index in [1.165, 1.54) is 30.5 Å². The molecule has 1 heterocycles. The van der Waals surface area contributed by atoms with Crippen LogP contribution in [0.25, 0.3) is 6.08 Å².